The van der Waals surface area contributed by atoms with E-state index in [4.69, 9.17) is 0 Å². The predicted molar refractivity (Wildman–Crippen MR) is 88.2 cm³/mol. The van der Waals surface area contributed by atoms with Gasteiger partial charge in [0.1, 0.15) is 0 Å². The first-order valence-electron chi connectivity index (χ1n) is 6.11. The Hall–Kier alpha value is -0.910. The lowest BCUT2D eigenvalue weighted by Crippen LogP contribution is -2.19. The minimum atomic E-state index is 0.928. The number of rotatable bonds is 2. The molecule has 2 nitrogen and oxygen atoms in total. The van der Waals surface area contributed by atoms with Gasteiger partial charge in [-0.2, -0.15) is 0 Å². The number of fused-ring (bicyclic) bond motifs is 2. The van der Waals surface area contributed by atoms with Crippen LogP contribution in [0, 0.1) is 0 Å². The third kappa shape index (κ3) is 1.83. The molecule has 0 fully saturated rings. The minimum Gasteiger partial charge on any atom is -0.318 e. The van der Waals surface area contributed by atoms with Gasteiger partial charge < -0.3 is 4.90 Å². The van der Waals surface area contributed by atoms with Crippen molar-refractivity contribution in [3.63, 3.8) is 0 Å². The Labute approximate surface area is 124 Å². The molecule has 0 atom stereocenters. The fourth-order valence-electron chi connectivity index (χ4n) is 2.47. The molecule has 0 saturated heterocycles. The summed E-state index contributed by atoms with van der Waals surface area (Å²) >= 11 is 5.38. The van der Waals surface area contributed by atoms with Crippen molar-refractivity contribution < 1.29 is 0 Å². The maximum Gasteiger partial charge on any atom is 0.168 e. The summed E-state index contributed by atoms with van der Waals surface area (Å²) in [4.78, 5) is 8.20. The van der Waals surface area contributed by atoms with Gasteiger partial charge in [0.25, 0.3) is 0 Å². The molecule has 4 rings (SSSR count). The van der Waals surface area contributed by atoms with Crippen LogP contribution in [-0.4, -0.2) is 29.4 Å². The average molecular weight is 304 g/mol. The molecule has 0 radical (unpaired) electrons. The lowest BCUT2D eigenvalue weighted by atomic mass is 10.1. The number of amidine groups is 1. The number of benzene rings is 1. The second kappa shape index (κ2) is 4.58. The molecule has 0 unspecified atom stereocenters. The van der Waals surface area contributed by atoms with Crippen LogP contribution < -0.4 is 0 Å². The summed E-state index contributed by atoms with van der Waals surface area (Å²) in [5, 5.41) is 7.06. The summed E-state index contributed by atoms with van der Waals surface area (Å²) in [5.74, 6) is 0. The summed E-state index contributed by atoms with van der Waals surface area (Å²) < 4.78 is 1.36. The van der Waals surface area contributed by atoms with E-state index >= 15 is 0 Å². The van der Waals surface area contributed by atoms with E-state index in [-0.39, 0.29) is 0 Å². The maximum absolute atomic E-state index is 4.52. The minimum absolute atomic E-state index is 0.928. The zero-order chi connectivity index (χ0) is 12.8. The van der Waals surface area contributed by atoms with Gasteiger partial charge in [0.15, 0.2) is 5.17 Å². The van der Waals surface area contributed by atoms with E-state index in [1.165, 1.54) is 26.2 Å². The topological polar surface area (TPSA) is 15.6 Å². The van der Waals surface area contributed by atoms with Crippen LogP contribution in [0.5, 0.6) is 0 Å². The fraction of sp³-hybridized carbons (Fsp3) is 0.214. The number of nitrogens with zero attached hydrogens (tertiary/aromatic N) is 2. The highest BCUT2D eigenvalue weighted by Crippen LogP contribution is 2.40. The highest BCUT2D eigenvalue weighted by atomic mass is 32.2. The molecule has 0 saturated carbocycles. The monoisotopic (exact) mass is 304 g/mol. The molecule has 0 amide bonds. The summed E-state index contributed by atoms with van der Waals surface area (Å²) in [7, 11) is 0. The van der Waals surface area contributed by atoms with Gasteiger partial charge in [-0.1, -0.05) is 11.8 Å². The van der Waals surface area contributed by atoms with Crippen LogP contribution in [0.3, 0.4) is 0 Å². The van der Waals surface area contributed by atoms with Crippen LogP contribution in [0.4, 0.5) is 0 Å². The molecule has 0 aliphatic carbocycles. The van der Waals surface area contributed by atoms with Crippen molar-refractivity contribution in [3.05, 3.63) is 34.6 Å². The molecule has 5 heteroatoms. The van der Waals surface area contributed by atoms with E-state index in [1.807, 2.05) is 11.3 Å². The number of hydrogen-bond donors (Lipinski definition) is 0. The number of thioether (sulfide) groups is 2. The SMILES string of the molecule is CSc1ccc2scc(C3=CSC4=NCCN34)c2c1. The number of aliphatic imine (C=N–C) groups is 1. The maximum atomic E-state index is 4.52. The van der Waals surface area contributed by atoms with Crippen LogP contribution in [0.1, 0.15) is 5.56 Å². The normalized spacial score (nSPS) is 17.8. The fourth-order valence-corrected chi connectivity index (χ4v) is 4.79. The molecule has 1 aromatic carbocycles. The van der Waals surface area contributed by atoms with Crippen LogP contribution in [0.15, 0.2) is 38.9 Å². The molecule has 2 aliphatic heterocycles. The second-order valence-corrected chi connectivity index (χ2v) is 7.08. The molecular formula is C14H12N2S3. The van der Waals surface area contributed by atoms with Crippen LogP contribution >= 0.6 is 34.9 Å². The molecule has 0 spiro atoms. The van der Waals surface area contributed by atoms with Gasteiger partial charge in [-0.15, -0.1) is 23.1 Å². The largest absolute Gasteiger partial charge is 0.318 e. The average Bonchev–Trinajstić information content (AvgIpc) is 3.12. The van der Waals surface area contributed by atoms with Gasteiger partial charge in [-0.25, -0.2) is 0 Å². The van der Waals surface area contributed by atoms with Crippen molar-refractivity contribution in [1.29, 1.82) is 0 Å². The third-order valence-corrected chi connectivity index (χ3v) is 6.02. The first-order chi connectivity index (χ1) is 9.36. The zero-order valence-corrected chi connectivity index (χ0v) is 12.9. The molecule has 96 valence electrons. The lowest BCUT2D eigenvalue weighted by Gasteiger charge is -2.16. The second-order valence-electron chi connectivity index (χ2n) is 4.45. The summed E-state index contributed by atoms with van der Waals surface area (Å²) in [5.41, 5.74) is 2.68. The molecule has 0 N–H and O–H groups in total. The van der Waals surface area contributed by atoms with E-state index in [1.54, 1.807) is 23.5 Å². The Kier molecular flexibility index (Phi) is 2.86. The van der Waals surface area contributed by atoms with Gasteiger partial charge in [-0.3, -0.25) is 4.99 Å². The van der Waals surface area contributed by atoms with Gasteiger partial charge >= 0.3 is 0 Å². The van der Waals surface area contributed by atoms with E-state index in [2.05, 4.69) is 45.1 Å². The van der Waals surface area contributed by atoms with Crippen molar-refractivity contribution in [2.75, 3.05) is 19.3 Å². The summed E-state index contributed by atoms with van der Waals surface area (Å²) in [6.07, 6.45) is 2.13. The van der Waals surface area contributed by atoms with E-state index < -0.39 is 0 Å². The highest BCUT2D eigenvalue weighted by molar-refractivity contribution is 8.16. The van der Waals surface area contributed by atoms with Crippen LogP contribution in [0.2, 0.25) is 0 Å². The van der Waals surface area contributed by atoms with Crippen molar-refractivity contribution in [2.45, 2.75) is 4.90 Å². The van der Waals surface area contributed by atoms with Crippen LogP contribution in [-0.2, 0) is 0 Å². The predicted octanol–water partition coefficient (Wildman–Crippen LogP) is 4.34. The van der Waals surface area contributed by atoms with Gasteiger partial charge in [0.05, 0.1) is 12.2 Å². The standard InChI is InChI=1S/C14H12N2S3/c1-17-9-2-3-13-10(6-9)11(7-18-13)12-8-19-14-15-4-5-16(12)14/h2-3,6-8H,4-5H2,1H3. The van der Waals surface area contributed by atoms with Crippen LogP contribution in [0.25, 0.3) is 15.8 Å². The third-order valence-electron chi connectivity index (χ3n) is 3.42. The Bertz CT molecular complexity index is 715. The Balaban J connectivity index is 1.85. The van der Waals surface area contributed by atoms with E-state index in [0.29, 0.717) is 0 Å². The molecule has 0 bridgehead atoms. The Morgan fingerprint density at radius 2 is 2.32 bits per heavy atom. The molecule has 2 aliphatic rings. The number of thiophene rings is 1. The summed E-state index contributed by atoms with van der Waals surface area (Å²) in [6.45, 7) is 1.95. The highest BCUT2D eigenvalue weighted by Gasteiger charge is 2.28. The molecule has 3 heterocycles. The quantitative estimate of drug-likeness (QED) is 0.768. The van der Waals surface area contributed by atoms with Crippen molar-refractivity contribution in [2.24, 2.45) is 4.99 Å². The number of hydrogen-bond acceptors (Lipinski definition) is 5. The van der Waals surface area contributed by atoms with Crippen molar-refractivity contribution in [3.8, 4) is 0 Å². The lowest BCUT2D eigenvalue weighted by molar-refractivity contribution is 0.651. The van der Waals surface area contributed by atoms with Crippen molar-refractivity contribution in [1.82, 2.24) is 4.90 Å². The van der Waals surface area contributed by atoms with Gasteiger partial charge in [-0.05, 0) is 24.5 Å². The van der Waals surface area contributed by atoms with E-state index in [0.717, 1.165) is 18.3 Å². The van der Waals surface area contributed by atoms with E-state index in [9.17, 15) is 0 Å². The smallest absolute Gasteiger partial charge is 0.168 e. The van der Waals surface area contributed by atoms with Gasteiger partial charge in [0, 0.05) is 37.9 Å². The molecule has 1 aromatic heterocycles. The van der Waals surface area contributed by atoms with Gasteiger partial charge in [0.2, 0.25) is 0 Å². The molecule has 19 heavy (non-hydrogen) atoms. The Morgan fingerprint density at radius 1 is 1.37 bits per heavy atom. The first kappa shape index (κ1) is 11.9. The summed E-state index contributed by atoms with van der Waals surface area (Å²) in [6, 6.07) is 6.74. The molecule has 2 aromatic rings. The Morgan fingerprint density at radius 3 is 3.21 bits per heavy atom. The first-order valence-corrected chi connectivity index (χ1v) is 9.09. The molecular weight excluding hydrogens is 292 g/mol. The zero-order valence-electron chi connectivity index (χ0n) is 10.4. The van der Waals surface area contributed by atoms with Crippen molar-refractivity contribution >= 4 is 55.8 Å².